The number of hydrogen-bond donors (Lipinski definition) is 0. The van der Waals surface area contributed by atoms with Crippen molar-refractivity contribution in [3.8, 4) is 5.75 Å². The Hall–Kier alpha value is -2.73. The zero-order valence-electron chi connectivity index (χ0n) is 16.1. The minimum atomic E-state index is -0.427. The number of halogens is 1. The van der Waals surface area contributed by atoms with Crippen LogP contribution in [-0.2, 0) is 20.7 Å². The van der Waals surface area contributed by atoms with Gasteiger partial charge in [0.15, 0.2) is 6.61 Å². The quantitative estimate of drug-likeness (QED) is 0.720. The molecular formula is C22H23ClN2O4. The fraction of sp³-hybridized carbons (Fsp3) is 0.364. The van der Waals surface area contributed by atoms with Crippen molar-refractivity contribution in [2.75, 3.05) is 44.3 Å². The number of carbonyl (C=O) groups excluding carboxylic acids is 2. The van der Waals surface area contributed by atoms with Crippen LogP contribution in [-0.4, -0.2) is 56.2 Å². The van der Waals surface area contributed by atoms with Gasteiger partial charge >= 0.3 is 5.97 Å². The highest BCUT2D eigenvalue weighted by atomic mass is 35.5. The van der Waals surface area contributed by atoms with Gasteiger partial charge < -0.3 is 19.3 Å². The summed E-state index contributed by atoms with van der Waals surface area (Å²) in [6.07, 6.45) is 0.499. The first kappa shape index (κ1) is 19.6. The predicted molar refractivity (Wildman–Crippen MR) is 110 cm³/mol. The lowest BCUT2D eigenvalue weighted by atomic mass is 9.97. The van der Waals surface area contributed by atoms with Crippen molar-refractivity contribution in [3.63, 3.8) is 0 Å². The number of nitrogens with zero attached hydrogens (tertiary/aromatic N) is 2. The van der Waals surface area contributed by atoms with Crippen LogP contribution < -0.4 is 9.64 Å². The molecule has 2 aliphatic rings. The van der Waals surface area contributed by atoms with Crippen molar-refractivity contribution in [3.05, 3.63) is 59.1 Å². The van der Waals surface area contributed by atoms with Crippen LogP contribution in [0.2, 0.25) is 5.02 Å². The topological polar surface area (TPSA) is 59.1 Å². The molecule has 0 bridgehead atoms. The van der Waals surface area contributed by atoms with Gasteiger partial charge in [-0.1, -0.05) is 29.8 Å². The second-order valence-corrected chi connectivity index (χ2v) is 7.71. The van der Waals surface area contributed by atoms with E-state index in [1.165, 1.54) is 0 Å². The Kier molecular flexibility index (Phi) is 5.90. The highest BCUT2D eigenvalue weighted by Gasteiger charge is 2.29. The molecule has 0 aromatic heterocycles. The van der Waals surface area contributed by atoms with Crippen LogP contribution >= 0.6 is 11.6 Å². The number of ether oxygens (including phenoxy) is 2. The second-order valence-electron chi connectivity index (χ2n) is 7.28. The Bertz CT molecular complexity index is 882. The van der Waals surface area contributed by atoms with E-state index >= 15 is 0 Å². The van der Waals surface area contributed by atoms with E-state index in [4.69, 9.17) is 21.1 Å². The lowest BCUT2D eigenvalue weighted by Gasteiger charge is -2.36. The number of benzene rings is 2. The summed E-state index contributed by atoms with van der Waals surface area (Å²) in [5.74, 6) is -0.257. The van der Waals surface area contributed by atoms with E-state index in [1.54, 1.807) is 23.1 Å². The third kappa shape index (κ3) is 4.65. The molecule has 0 N–H and O–H groups in total. The standard InChI is InChI=1S/C22H23ClN2O4/c23-18-6-7-20-16(13-18)12-17(14-28-20)22(27)29-15-21(26)25-10-8-24(9-11-25)19-4-2-1-3-5-19/h1-7,13,17H,8-12,14-15H2. The largest absolute Gasteiger partial charge is 0.492 e. The summed E-state index contributed by atoms with van der Waals surface area (Å²) in [5.41, 5.74) is 2.04. The average Bonchev–Trinajstić information content (AvgIpc) is 2.77. The Morgan fingerprint density at radius 1 is 1.07 bits per heavy atom. The minimum absolute atomic E-state index is 0.161. The lowest BCUT2D eigenvalue weighted by Crippen LogP contribution is -2.50. The number of fused-ring (bicyclic) bond motifs is 1. The van der Waals surface area contributed by atoms with Crippen molar-refractivity contribution in [2.24, 2.45) is 5.92 Å². The van der Waals surface area contributed by atoms with E-state index in [-0.39, 0.29) is 19.1 Å². The molecule has 2 aromatic carbocycles. The number of para-hydroxylation sites is 1. The molecule has 4 rings (SSSR count). The maximum Gasteiger partial charge on any atom is 0.313 e. The van der Waals surface area contributed by atoms with E-state index < -0.39 is 11.9 Å². The number of amides is 1. The maximum absolute atomic E-state index is 12.5. The van der Waals surface area contributed by atoms with Gasteiger partial charge in [0.2, 0.25) is 0 Å². The third-order valence-corrected chi connectivity index (χ3v) is 5.59. The highest BCUT2D eigenvalue weighted by molar-refractivity contribution is 6.30. The maximum atomic E-state index is 12.5. The fourth-order valence-electron chi connectivity index (χ4n) is 3.71. The number of esters is 1. The summed E-state index contributed by atoms with van der Waals surface area (Å²) < 4.78 is 10.9. The number of hydrogen-bond acceptors (Lipinski definition) is 5. The molecule has 1 unspecified atom stereocenters. The molecule has 0 saturated carbocycles. The Labute approximate surface area is 174 Å². The van der Waals surface area contributed by atoms with Crippen LogP contribution in [0, 0.1) is 5.92 Å². The molecule has 152 valence electrons. The molecule has 2 aromatic rings. The molecule has 1 amide bonds. The summed E-state index contributed by atoms with van der Waals surface area (Å²) >= 11 is 6.02. The van der Waals surface area contributed by atoms with E-state index in [1.807, 2.05) is 18.2 Å². The number of piperazine rings is 1. The summed E-state index contributed by atoms with van der Waals surface area (Å²) in [7, 11) is 0. The first-order valence-electron chi connectivity index (χ1n) is 9.76. The van der Waals surface area contributed by atoms with E-state index in [9.17, 15) is 9.59 Å². The molecule has 29 heavy (non-hydrogen) atoms. The summed E-state index contributed by atoms with van der Waals surface area (Å²) in [6.45, 7) is 2.77. The van der Waals surface area contributed by atoms with Crippen molar-refractivity contribution < 1.29 is 19.1 Å². The molecule has 6 nitrogen and oxygen atoms in total. The normalized spacial score (nSPS) is 18.6. The van der Waals surface area contributed by atoms with Crippen LogP contribution in [0.3, 0.4) is 0 Å². The Balaban J connectivity index is 1.24. The Morgan fingerprint density at radius 2 is 1.83 bits per heavy atom. The SMILES string of the molecule is O=C(OCC(=O)N1CCN(c2ccccc2)CC1)C1COc2ccc(Cl)cc2C1. The third-order valence-electron chi connectivity index (χ3n) is 5.35. The highest BCUT2D eigenvalue weighted by Crippen LogP contribution is 2.30. The summed E-state index contributed by atoms with van der Waals surface area (Å²) in [4.78, 5) is 28.9. The molecule has 0 spiro atoms. The molecule has 2 heterocycles. The van der Waals surface area contributed by atoms with Crippen molar-refractivity contribution in [2.45, 2.75) is 6.42 Å². The van der Waals surface area contributed by atoms with Gasteiger partial charge in [0.25, 0.3) is 5.91 Å². The number of rotatable bonds is 4. The molecule has 1 saturated heterocycles. The summed E-state index contributed by atoms with van der Waals surface area (Å²) in [5, 5.41) is 0.603. The van der Waals surface area contributed by atoms with Gasteiger partial charge in [-0.2, -0.15) is 0 Å². The first-order valence-corrected chi connectivity index (χ1v) is 10.1. The lowest BCUT2D eigenvalue weighted by molar-refractivity contribution is -0.156. The van der Waals surface area contributed by atoms with Gasteiger partial charge in [-0.25, -0.2) is 0 Å². The van der Waals surface area contributed by atoms with Crippen LogP contribution in [0.4, 0.5) is 5.69 Å². The van der Waals surface area contributed by atoms with Gasteiger partial charge in [-0.3, -0.25) is 9.59 Å². The van der Waals surface area contributed by atoms with Gasteiger partial charge in [0.1, 0.15) is 12.4 Å². The molecule has 1 atom stereocenters. The fourth-order valence-corrected chi connectivity index (χ4v) is 3.90. The van der Waals surface area contributed by atoms with Gasteiger partial charge in [-0.15, -0.1) is 0 Å². The minimum Gasteiger partial charge on any atom is -0.492 e. The summed E-state index contributed by atoms with van der Waals surface area (Å²) in [6, 6.07) is 15.5. The van der Waals surface area contributed by atoms with Crippen molar-refractivity contribution >= 4 is 29.2 Å². The molecule has 7 heteroatoms. The van der Waals surface area contributed by atoms with Crippen molar-refractivity contribution in [1.82, 2.24) is 4.90 Å². The first-order chi connectivity index (χ1) is 14.1. The average molecular weight is 415 g/mol. The van der Waals surface area contributed by atoms with Gasteiger partial charge in [-0.05, 0) is 42.3 Å². The second kappa shape index (κ2) is 8.74. The van der Waals surface area contributed by atoms with Gasteiger partial charge in [0.05, 0.1) is 5.92 Å². The number of carbonyl (C=O) groups is 2. The molecule has 0 aliphatic carbocycles. The van der Waals surface area contributed by atoms with Crippen LogP contribution in [0.15, 0.2) is 48.5 Å². The molecule has 1 fully saturated rings. The molecule has 0 radical (unpaired) electrons. The van der Waals surface area contributed by atoms with E-state index in [0.717, 1.165) is 30.1 Å². The zero-order valence-corrected chi connectivity index (χ0v) is 16.8. The monoisotopic (exact) mass is 414 g/mol. The predicted octanol–water partition coefficient (Wildman–Crippen LogP) is 2.78. The smallest absolute Gasteiger partial charge is 0.313 e. The van der Waals surface area contributed by atoms with E-state index in [2.05, 4.69) is 17.0 Å². The van der Waals surface area contributed by atoms with Crippen LogP contribution in [0.5, 0.6) is 5.75 Å². The Morgan fingerprint density at radius 3 is 2.59 bits per heavy atom. The number of anilines is 1. The molecular weight excluding hydrogens is 392 g/mol. The molecule has 2 aliphatic heterocycles. The van der Waals surface area contributed by atoms with Crippen LogP contribution in [0.25, 0.3) is 0 Å². The van der Waals surface area contributed by atoms with Crippen LogP contribution in [0.1, 0.15) is 5.56 Å². The zero-order chi connectivity index (χ0) is 20.2. The van der Waals surface area contributed by atoms with Crippen molar-refractivity contribution in [1.29, 1.82) is 0 Å². The van der Waals surface area contributed by atoms with Gasteiger partial charge in [0, 0.05) is 36.9 Å². The van der Waals surface area contributed by atoms with E-state index in [0.29, 0.717) is 24.5 Å².